The van der Waals surface area contributed by atoms with E-state index in [-0.39, 0.29) is 4.90 Å². The maximum atomic E-state index is 12.2. The van der Waals surface area contributed by atoms with Crippen LogP contribution in [-0.2, 0) is 10.0 Å². The van der Waals surface area contributed by atoms with Gasteiger partial charge in [0.2, 0.25) is 10.0 Å². The Labute approximate surface area is 151 Å². The molecule has 6 nitrogen and oxygen atoms in total. The molecule has 0 atom stereocenters. The number of benzene rings is 3. The van der Waals surface area contributed by atoms with E-state index in [9.17, 15) is 13.2 Å². The van der Waals surface area contributed by atoms with Crippen LogP contribution >= 0.6 is 0 Å². The quantitative estimate of drug-likeness (QED) is 0.739. The van der Waals surface area contributed by atoms with Crippen LogP contribution in [0.15, 0.2) is 83.8 Å². The van der Waals surface area contributed by atoms with Gasteiger partial charge in [0, 0.05) is 11.1 Å². The van der Waals surface area contributed by atoms with Crippen LogP contribution in [0.1, 0.15) is 0 Å². The molecule has 0 radical (unpaired) electrons. The molecule has 4 N–H and O–H groups in total. The maximum Gasteiger partial charge on any atom is 0.323 e. The Hall–Kier alpha value is -3.16. The average molecular weight is 367 g/mol. The molecule has 3 rings (SSSR count). The molecule has 0 aliphatic heterocycles. The monoisotopic (exact) mass is 367 g/mol. The number of amides is 2. The van der Waals surface area contributed by atoms with Crippen molar-refractivity contribution in [3.05, 3.63) is 78.9 Å². The Balaban J connectivity index is 2.27. The summed E-state index contributed by atoms with van der Waals surface area (Å²) in [5, 5.41) is 5.36. The molecule has 2 amide bonds. The summed E-state index contributed by atoms with van der Waals surface area (Å²) >= 11 is 0. The number of nitrogens with two attached hydrogens (primary N) is 2. The standard InChI is InChI=1S/C19H17N3O3S/c20-19(23)22(14-8-2-1-3-9-14)17-12-6-4-10-15(17)16-11-5-7-13-18(16)26(21,24)25/h1-13H,(H2,20,23)(H2,21,24,25). The molecule has 26 heavy (non-hydrogen) atoms. The third-order valence-corrected chi connectivity index (χ3v) is 4.83. The maximum absolute atomic E-state index is 12.2. The average Bonchev–Trinajstić information content (AvgIpc) is 2.62. The normalized spacial score (nSPS) is 11.1. The van der Waals surface area contributed by atoms with E-state index < -0.39 is 16.1 Å². The number of urea groups is 1. The Morgan fingerprint density at radius 3 is 1.92 bits per heavy atom. The van der Waals surface area contributed by atoms with Gasteiger partial charge in [0.25, 0.3) is 0 Å². The number of hydrogen-bond donors (Lipinski definition) is 2. The number of nitrogens with zero attached hydrogens (tertiary/aromatic N) is 1. The third kappa shape index (κ3) is 3.44. The number of rotatable bonds is 4. The fraction of sp³-hybridized carbons (Fsp3) is 0. The topological polar surface area (TPSA) is 106 Å². The predicted octanol–water partition coefficient (Wildman–Crippen LogP) is 3.22. The summed E-state index contributed by atoms with van der Waals surface area (Å²) in [6, 6.07) is 21.5. The van der Waals surface area contributed by atoms with Crippen LogP contribution in [-0.4, -0.2) is 14.4 Å². The molecule has 132 valence electrons. The number of sulfonamides is 1. The highest BCUT2D eigenvalue weighted by Gasteiger charge is 2.22. The van der Waals surface area contributed by atoms with E-state index in [0.717, 1.165) is 0 Å². The summed E-state index contributed by atoms with van der Waals surface area (Å²) in [4.78, 5) is 13.5. The summed E-state index contributed by atoms with van der Waals surface area (Å²) in [6.45, 7) is 0. The van der Waals surface area contributed by atoms with Crippen LogP contribution in [0.3, 0.4) is 0 Å². The van der Waals surface area contributed by atoms with Crippen molar-refractivity contribution in [1.29, 1.82) is 0 Å². The van der Waals surface area contributed by atoms with Crippen LogP contribution in [0.25, 0.3) is 11.1 Å². The van der Waals surface area contributed by atoms with Crippen molar-refractivity contribution in [2.75, 3.05) is 4.90 Å². The molecule has 0 aliphatic carbocycles. The van der Waals surface area contributed by atoms with Gasteiger partial charge in [-0.15, -0.1) is 0 Å². The minimum Gasteiger partial charge on any atom is -0.351 e. The molecular formula is C19H17N3O3S. The Bertz CT molecular complexity index is 1050. The molecule has 0 bridgehead atoms. The van der Waals surface area contributed by atoms with Crippen molar-refractivity contribution in [2.24, 2.45) is 10.9 Å². The van der Waals surface area contributed by atoms with Gasteiger partial charge in [0.15, 0.2) is 0 Å². The van der Waals surface area contributed by atoms with Gasteiger partial charge in [-0.05, 0) is 24.3 Å². The summed E-state index contributed by atoms with van der Waals surface area (Å²) in [6.07, 6.45) is 0. The molecule has 3 aromatic rings. The van der Waals surface area contributed by atoms with E-state index >= 15 is 0 Å². The first-order chi connectivity index (χ1) is 12.4. The number of primary amides is 1. The SMILES string of the molecule is NC(=O)N(c1ccccc1)c1ccccc1-c1ccccc1S(N)(=O)=O. The molecule has 0 fully saturated rings. The van der Waals surface area contributed by atoms with Gasteiger partial charge in [-0.25, -0.2) is 18.4 Å². The third-order valence-electron chi connectivity index (χ3n) is 3.86. The Morgan fingerprint density at radius 2 is 1.31 bits per heavy atom. The Morgan fingerprint density at radius 1 is 0.769 bits per heavy atom. The first kappa shape index (κ1) is 17.7. The Kier molecular flexibility index (Phi) is 4.75. The van der Waals surface area contributed by atoms with Crippen molar-refractivity contribution >= 4 is 27.4 Å². The van der Waals surface area contributed by atoms with E-state index in [4.69, 9.17) is 10.9 Å². The molecular weight excluding hydrogens is 350 g/mol. The zero-order valence-corrected chi connectivity index (χ0v) is 14.6. The van der Waals surface area contributed by atoms with Crippen molar-refractivity contribution in [3.63, 3.8) is 0 Å². The summed E-state index contributed by atoms with van der Waals surface area (Å²) in [7, 11) is -3.94. The van der Waals surface area contributed by atoms with Crippen LogP contribution in [0.5, 0.6) is 0 Å². The van der Waals surface area contributed by atoms with Gasteiger partial charge in [0.05, 0.1) is 16.3 Å². The van der Waals surface area contributed by atoms with Crippen LogP contribution < -0.4 is 15.8 Å². The van der Waals surface area contributed by atoms with Crippen LogP contribution in [0, 0.1) is 0 Å². The lowest BCUT2D eigenvalue weighted by atomic mass is 10.0. The number of carbonyl (C=O) groups excluding carboxylic acids is 1. The smallest absolute Gasteiger partial charge is 0.323 e. The molecule has 0 heterocycles. The number of para-hydroxylation sites is 2. The molecule has 3 aromatic carbocycles. The number of anilines is 2. The lowest BCUT2D eigenvalue weighted by Crippen LogP contribution is -2.31. The fourth-order valence-electron chi connectivity index (χ4n) is 2.80. The van der Waals surface area contributed by atoms with Crippen LogP contribution in [0.2, 0.25) is 0 Å². The van der Waals surface area contributed by atoms with Crippen molar-refractivity contribution in [2.45, 2.75) is 4.90 Å². The van der Waals surface area contributed by atoms with Gasteiger partial charge in [0.1, 0.15) is 0 Å². The molecule has 0 aliphatic rings. The molecule has 0 unspecified atom stereocenters. The minimum atomic E-state index is -3.94. The molecule has 7 heteroatoms. The first-order valence-electron chi connectivity index (χ1n) is 7.75. The van der Waals surface area contributed by atoms with Gasteiger partial charge >= 0.3 is 6.03 Å². The van der Waals surface area contributed by atoms with Crippen LogP contribution in [0.4, 0.5) is 16.2 Å². The summed E-state index contributed by atoms with van der Waals surface area (Å²) < 4.78 is 24.0. The van der Waals surface area contributed by atoms with Crippen molar-refractivity contribution < 1.29 is 13.2 Å². The predicted molar refractivity (Wildman–Crippen MR) is 101 cm³/mol. The number of carbonyl (C=O) groups is 1. The molecule has 0 saturated heterocycles. The highest BCUT2D eigenvalue weighted by Crippen LogP contribution is 2.37. The van der Waals surface area contributed by atoms with Crippen molar-refractivity contribution in [1.82, 2.24) is 0 Å². The second-order valence-corrected chi connectivity index (χ2v) is 7.10. The highest BCUT2D eigenvalue weighted by molar-refractivity contribution is 7.89. The fourth-order valence-corrected chi connectivity index (χ4v) is 3.55. The molecule has 0 saturated carbocycles. The van der Waals surface area contributed by atoms with Gasteiger partial charge in [-0.1, -0.05) is 54.6 Å². The zero-order chi connectivity index (χ0) is 18.7. The largest absolute Gasteiger partial charge is 0.351 e. The van der Waals surface area contributed by atoms with Gasteiger partial charge in [-0.3, -0.25) is 4.90 Å². The minimum absolute atomic E-state index is 0.0232. The lowest BCUT2D eigenvalue weighted by molar-refractivity contribution is 0.256. The van der Waals surface area contributed by atoms with Gasteiger partial charge < -0.3 is 5.73 Å². The second-order valence-electron chi connectivity index (χ2n) is 5.57. The van der Waals surface area contributed by atoms with E-state index in [1.807, 2.05) is 6.07 Å². The second kappa shape index (κ2) is 6.99. The number of hydrogen-bond acceptors (Lipinski definition) is 3. The van der Waals surface area contributed by atoms with E-state index in [1.165, 1.54) is 11.0 Å². The van der Waals surface area contributed by atoms with E-state index in [0.29, 0.717) is 22.5 Å². The lowest BCUT2D eigenvalue weighted by Gasteiger charge is -2.24. The first-order valence-corrected chi connectivity index (χ1v) is 9.30. The highest BCUT2D eigenvalue weighted by atomic mass is 32.2. The van der Waals surface area contributed by atoms with E-state index in [1.54, 1.807) is 66.7 Å². The summed E-state index contributed by atoms with van der Waals surface area (Å²) in [5.74, 6) is 0. The van der Waals surface area contributed by atoms with E-state index in [2.05, 4.69) is 0 Å². The van der Waals surface area contributed by atoms with Gasteiger partial charge in [-0.2, -0.15) is 0 Å². The summed E-state index contributed by atoms with van der Waals surface area (Å²) in [5.41, 5.74) is 7.57. The number of primary sulfonamides is 1. The molecule has 0 spiro atoms. The van der Waals surface area contributed by atoms with Crippen molar-refractivity contribution in [3.8, 4) is 11.1 Å². The molecule has 0 aromatic heterocycles. The zero-order valence-electron chi connectivity index (χ0n) is 13.7.